The van der Waals surface area contributed by atoms with E-state index in [0.717, 1.165) is 60.6 Å². The third-order valence-electron chi connectivity index (χ3n) is 6.83. The lowest BCUT2D eigenvalue weighted by molar-refractivity contribution is -0.151. The molecule has 0 aliphatic heterocycles. The highest BCUT2D eigenvalue weighted by molar-refractivity contribution is 7.20. The van der Waals surface area contributed by atoms with Crippen LogP contribution in [0.15, 0.2) is 48.5 Å². The van der Waals surface area contributed by atoms with Gasteiger partial charge < -0.3 is 15.2 Å². The Morgan fingerprint density at radius 3 is 2.47 bits per heavy atom. The van der Waals surface area contributed by atoms with Crippen molar-refractivity contribution in [3.8, 4) is 0 Å². The summed E-state index contributed by atoms with van der Waals surface area (Å²) >= 11 is 1.44. The monoisotopic (exact) mass is 507 g/mol. The normalized spacial score (nSPS) is 15.0. The molecular weight excluding hydrogens is 470 g/mol. The molecule has 1 fully saturated rings. The van der Waals surface area contributed by atoms with Crippen LogP contribution in [0.2, 0.25) is 0 Å². The highest BCUT2D eigenvalue weighted by Gasteiger charge is 2.26. The molecule has 0 spiro atoms. The first-order valence-electron chi connectivity index (χ1n) is 13.1. The summed E-state index contributed by atoms with van der Waals surface area (Å²) in [5, 5.41) is 13.6. The number of aryl methyl sites for hydroxylation is 2. The van der Waals surface area contributed by atoms with Crippen LogP contribution in [-0.2, 0) is 28.9 Å². The summed E-state index contributed by atoms with van der Waals surface area (Å²) < 4.78 is 6.87. The van der Waals surface area contributed by atoms with Crippen molar-refractivity contribution in [1.82, 2.24) is 5.32 Å². The van der Waals surface area contributed by atoms with Gasteiger partial charge in [-0.25, -0.2) is 0 Å². The molecular formula is C30H37NO4S. The zero-order valence-corrected chi connectivity index (χ0v) is 22.1. The summed E-state index contributed by atoms with van der Waals surface area (Å²) in [5.74, 6) is 0.0636. The van der Waals surface area contributed by atoms with Crippen LogP contribution in [0.1, 0.15) is 72.3 Å². The van der Waals surface area contributed by atoms with Crippen LogP contribution in [0, 0.1) is 5.92 Å². The molecule has 1 atom stereocenters. The van der Waals surface area contributed by atoms with Crippen molar-refractivity contribution in [2.24, 2.45) is 5.92 Å². The van der Waals surface area contributed by atoms with Crippen LogP contribution >= 0.6 is 11.3 Å². The van der Waals surface area contributed by atoms with Gasteiger partial charge in [-0.05, 0) is 85.1 Å². The molecule has 0 unspecified atom stereocenters. The Morgan fingerprint density at radius 2 is 1.75 bits per heavy atom. The lowest BCUT2D eigenvalue weighted by atomic mass is 10.0. The second kappa shape index (κ2) is 12.6. The minimum atomic E-state index is -0.454. The molecule has 1 aliphatic rings. The number of aliphatic hydroxyl groups excluding tert-OH is 1. The smallest absolute Gasteiger partial charge is 0.323 e. The topological polar surface area (TPSA) is 75.6 Å². The van der Waals surface area contributed by atoms with Gasteiger partial charge in [0.05, 0.1) is 4.88 Å². The maximum Gasteiger partial charge on any atom is 0.323 e. The molecule has 0 radical (unpaired) electrons. The number of benzene rings is 2. The zero-order valence-electron chi connectivity index (χ0n) is 21.3. The summed E-state index contributed by atoms with van der Waals surface area (Å²) in [6, 6.07) is 16.4. The predicted molar refractivity (Wildman–Crippen MR) is 146 cm³/mol. The fraction of sp³-hybridized carbons (Fsp3) is 0.467. The fourth-order valence-electron chi connectivity index (χ4n) is 4.86. The number of thiophene rings is 1. The number of aliphatic hydroxyl groups is 1. The van der Waals surface area contributed by atoms with Crippen molar-refractivity contribution in [1.29, 1.82) is 0 Å². The van der Waals surface area contributed by atoms with Gasteiger partial charge in [0.15, 0.2) is 5.78 Å². The number of Topliss-reactive ketones (excluding diaryl/α,β-unsaturated/α-hetero) is 1. The average Bonchev–Trinajstić information content (AvgIpc) is 3.54. The Hall–Kier alpha value is -2.54. The molecule has 2 N–H and O–H groups in total. The molecule has 1 aliphatic carbocycles. The van der Waals surface area contributed by atoms with Gasteiger partial charge in [0.2, 0.25) is 0 Å². The van der Waals surface area contributed by atoms with Crippen molar-refractivity contribution >= 4 is 33.2 Å². The fourth-order valence-corrected chi connectivity index (χ4v) is 5.91. The van der Waals surface area contributed by atoms with Gasteiger partial charge >= 0.3 is 5.97 Å². The second-order valence-electron chi connectivity index (χ2n) is 10.3. The summed E-state index contributed by atoms with van der Waals surface area (Å²) in [7, 11) is 0. The van der Waals surface area contributed by atoms with Gasteiger partial charge in [0, 0.05) is 11.2 Å². The largest absolute Gasteiger partial charge is 0.461 e. The van der Waals surface area contributed by atoms with E-state index in [1.807, 2.05) is 6.07 Å². The van der Waals surface area contributed by atoms with Crippen LogP contribution < -0.4 is 5.32 Å². The highest BCUT2D eigenvalue weighted by atomic mass is 32.1. The first-order chi connectivity index (χ1) is 17.4. The number of ether oxygens (including phenoxy) is 1. The Labute approximate surface area is 217 Å². The van der Waals surface area contributed by atoms with Crippen molar-refractivity contribution < 1.29 is 19.4 Å². The van der Waals surface area contributed by atoms with Crippen molar-refractivity contribution in [3.63, 3.8) is 0 Å². The SMILES string of the molecule is CC(C)C[C@H](NCc1cccc(CCc2ccc3cc(C(=O)CO)sc3c2)c1)C(=O)OC1CCCC1. The zero-order chi connectivity index (χ0) is 25.5. The van der Waals surface area contributed by atoms with Crippen molar-refractivity contribution in [2.45, 2.75) is 77.5 Å². The Balaban J connectivity index is 1.34. The molecule has 36 heavy (non-hydrogen) atoms. The van der Waals surface area contributed by atoms with Crippen molar-refractivity contribution in [3.05, 3.63) is 70.1 Å². The van der Waals surface area contributed by atoms with Gasteiger partial charge in [0.1, 0.15) is 18.8 Å². The van der Waals surface area contributed by atoms with E-state index >= 15 is 0 Å². The van der Waals surface area contributed by atoms with E-state index < -0.39 is 6.61 Å². The van der Waals surface area contributed by atoms with Gasteiger partial charge in [-0.1, -0.05) is 50.2 Å². The third-order valence-corrected chi connectivity index (χ3v) is 7.96. The third kappa shape index (κ3) is 7.25. The number of esters is 1. The molecule has 5 nitrogen and oxygen atoms in total. The molecule has 192 valence electrons. The van der Waals surface area contributed by atoms with Crippen LogP contribution in [0.3, 0.4) is 0 Å². The Bertz CT molecular complexity index is 1180. The first-order valence-corrected chi connectivity index (χ1v) is 13.9. The van der Waals surface area contributed by atoms with Crippen LogP contribution in [-0.4, -0.2) is 35.6 Å². The first kappa shape index (κ1) is 26.5. The second-order valence-corrected chi connectivity index (χ2v) is 11.4. The lowest BCUT2D eigenvalue weighted by Crippen LogP contribution is -2.40. The standard InChI is InChI=1S/C30H37NO4S/c1-20(2)14-26(30(34)35-25-8-3-4-9-25)31-18-23-7-5-6-21(15-23)10-11-22-12-13-24-17-29(27(33)19-32)36-28(24)16-22/h5-7,12-13,15-17,20,25-26,31-32H,3-4,8-11,14,18-19H2,1-2H3/t26-/m0/s1. The van der Waals surface area contributed by atoms with E-state index in [9.17, 15) is 9.59 Å². The summed E-state index contributed by atoms with van der Waals surface area (Å²) in [6.07, 6.45) is 6.95. The Morgan fingerprint density at radius 1 is 1.03 bits per heavy atom. The quantitative estimate of drug-likeness (QED) is 0.238. The number of carbonyl (C=O) groups is 2. The summed E-state index contributed by atoms with van der Waals surface area (Å²) in [5.41, 5.74) is 3.64. The number of rotatable bonds is 12. The minimum absolute atomic E-state index is 0.0902. The maximum absolute atomic E-state index is 12.8. The molecule has 1 heterocycles. The summed E-state index contributed by atoms with van der Waals surface area (Å²) in [4.78, 5) is 25.2. The number of nitrogens with one attached hydrogen (secondary N) is 1. The van der Waals surface area contributed by atoms with E-state index in [4.69, 9.17) is 9.84 Å². The van der Waals surface area contributed by atoms with E-state index in [0.29, 0.717) is 17.3 Å². The maximum atomic E-state index is 12.8. The molecule has 1 aromatic heterocycles. The average molecular weight is 508 g/mol. The number of ketones is 1. The van der Waals surface area contributed by atoms with Crippen molar-refractivity contribution in [2.75, 3.05) is 6.61 Å². The van der Waals surface area contributed by atoms with Gasteiger partial charge in [-0.2, -0.15) is 0 Å². The number of hydrogen-bond donors (Lipinski definition) is 2. The minimum Gasteiger partial charge on any atom is -0.461 e. The van der Waals surface area contributed by atoms with Gasteiger partial charge in [-0.3, -0.25) is 9.59 Å². The molecule has 4 rings (SSSR count). The van der Waals surface area contributed by atoms with E-state index in [2.05, 4.69) is 61.6 Å². The van der Waals surface area contributed by atoms with Crippen LogP contribution in [0.5, 0.6) is 0 Å². The molecule has 3 aromatic rings. The van der Waals surface area contributed by atoms with E-state index in [1.165, 1.54) is 22.5 Å². The lowest BCUT2D eigenvalue weighted by Gasteiger charge is -2.22. The molecule has 0 saturated heterocycles. The number of fused-ring (bicyclic) bond motifs is 1. The van der Waals surface area contributed by atoms with Gasteiger partial charge in [0.25, 0.3) is 0 Å². The van der Waals surface area contributed by atoms with E-state index in [-0.39, 0.29) is 23.9 Å². The summed E-state index contributed by atoms with van der Waals surface area (Å²) in [6.45, 7) is 4.45. The molecule has 1 saturated carbocycles. The predicted octanol–water partition coefficient (Wildman–Crippen LogP) is 5.85. The molecule has 2 aromatic carbocycles. The molecule has 0 bridgehead atoms. The van der Waals surface area contributed by atoms with Crippen LogP contribution in [0.25, 0.3) is 10.1 Å². The highest BCUT2D eigenvalue weighted by Crippen LogP contribution is 2.27. The molecule has 0 amide bonds. The van der Waals surface area contributed by atoms with Gasteiger partial charge in [-0.15, -0.1) is 11.3 Å². The number of hydrogen-bond acceptors (Lipinski definition) is 6. The van der Waals surface area contributed by atoms with E-state index in [1.54, 1.807) is 0 Å². The Kier molecular flexibility index (Phi) is 9.30. The molecule has 6 heteroatoms. The number of carbonyl (C=O) groups excluding carboxylic acids is 2. The van der Waals surface area contributed by atoms with Crippen LogP contribution in [0.4, 0.5) is 0 Å².